The number of morpholine rings is 1. The number of carbonyl (C=O) groups is 1. The number of imidazole rings is 1. The minimum absolute atomic E-state index is 0.158. The van der Waals surface area contributed by atoms with Gasteiger partial charge in [-0.3, -0.25) is 4.79 Å². The summed E-state index contributed by atoms with van der Waals surface area (Å²) in [6.07, 6.45) is 2.69. The first-order chi connectivity index (χ1) is 12.3. The van der Waals surface area contributed by atoms with Crippen LogP contribution in [0.25, 0.3) is 5.65 Å². The zero-order valence-corrected chi connectivity index (χ0v) is 13.5. The summed E-state index contributed by atoms with van der Waals surface area (Å²) in [5, 5.41) is 14.0. The van der Waals surface area contributed by atoms with Crippen molar-refractivity contribution in [1.82, 2.24) is 19.5 Å². The first kappa shape index (κ1) is 15.7. The SMILES string of the molecule is O=C(c1cnc2cccnn12)N1CCO[C@@H](CO)[C@@H]1c1ccccc1. The summed E-state index contributed by atoms with van der Waals surface area (Å²) in [6, 6.07) is 12.8. The van der Waals surface area contributed by atoms with E-state index in [0.717, 1.165) is 5.56 Å². The minimum Gasteiger partial charge on any atom is -0.394 e. The molecule has 0 saturated carbocycles. The van der Waals surface area contributed by atoms with Crippen LogP contribution in [0.5, 0.6) is 0 Å². The molecule has 2 atom stereocenters. The van der Waals surface area contributed by atoms with E-state index in [-0.39, 0.29) is 18.6 Å². The van der Waals surface area contributed by atoms with Crippen LogP contribution in [-0.4, -0.2) is 56.4 Å². The van der Waals surface area contributed by atoms with Crippen molar-refractivity contribution in [2.45, 2.75) is 12.1 Å². The Hall–Kier alpha value is -2.77. The number of amides is 1. The standard InChI is InChI=1S/C18H18N4O3/c23-12-15-17(13-5-2-1-3-6-13)21(9-10-25-15)18(24)14-11-19-16-7-4-8-20-22(14)16/h1-8,11,15,17,23H,9-10,12H2/t15-,17-/m0/s1. The van der Waals surface area contributed by atoms with Crippen molar-refractivity contribution >= 4 is 11.6 Å². The van der Waals surface area contributed by atoms with E-state index in [9.17, 15) is 9.90 Å². The second-order valence-electron chi connectivity index (χ2n) is 5.88. The average molecular weight is 338 g/mol. The van der Waals surface area contributed by atoms with Gasteiger partial charge in [0.2, 0.25) is 0 Å². The van der Waals surface area contributed by atoms with Crippen molar-refractivity contribution in [3.05, 3.63) is 66.1 Å². The summed E-state index contributed by atoms with van der Waals surface area (Å²) in [5.74, 6) is -0.179. The first-order valence-electron chi connectivity index (χ1n) is 8.16. The average Bonchev–Trinajstić information content (AvgIpc) is 3.11. The number of aliphatic hydroxyl groups excluding tert-OH is 1. The number of rotatable bonds is 3. The highest BCUT2D eigenvalue weighted by Gasteiger charge is 2.37. The smallest absolute Gasteiger partial charge is 0.274 e. The molecule has 1 aromatic carbocycles. The van der Waals surface area contributed by atoms with Gasteiger partial charge < -0.3 is 14.7 Å². The maximum Gasteiger partial charge on any atom is 0.274 e. The van der Waals surface area contributed by atoms with E-state index < -0.39 is 6.10 Å². The van der Waals surface area contributed by atoms with Crippen molar-refractivity contribution in [2.75, 3.05) is 19.8 Å². The van der Waals surface area contributed by atoms with Crippen LogP contribution in [0.1, 0.15) is 22.1 Å². The van der Waals surface area contributed by atoms with Crippen LogP contribution in [0.15, 0.2) is 54.9 Å². The van der Waals surface area contributed by atoms with Gasteiger partial charge in [-0.15, -0.1) is 0 Å². The Morgan fingerprint density at radius 2 is 2.08 bits per heavy atom. The molecule has 7 nitrogen and oxygen atoms in total. The van der Waals surface area contributed by atoms with Crippen molar-refractivity contribution in [2.24, 2.45) is 0 Å². The van der Waals surface area contributed by atoms with Crippen LogP contribution < -0.4 is 0 Å². The molecule has 0 bridgehead atoms. The molecule has 1 aliphatic rings. The van der Waals surface area contributed by atoms with Crippen LogP contribution in [0, 0.1) is 0 Å². The number of nitrogens with zero attached hydrogens (tertiary/aromatic N) is 4. The Kier molecular flexibility index (Phi) is 4.17. The van der Waals surface area contributed by atoms with Gasteiger partial charge in [-0.25, -0.2) is 9.50 Å². The van der Waals surface area contributed by atoms with E-state index in [2.05, 4.69) is 10.1 Å². The number of hydrogen-bond acceptors (Lipinski definition) is 5. The molecule has 0 unspecified atom stereocenters. The molecule has 2 aromatic heterocycles. The molecular formula is C18H18N4O3. The molecule has 128 valence electrons. The second-order valence-corrected chi connectivity index (χ2v) is 5.88. The summed E-state index contributed by atoms with van der Waals surface area (Å²) in [5.41, 5.74) is 1.94. The predicted molar refractivity (Wildman–Crippen MR) is 90.0 cm³/mol. The van der Waals surface area contributed by atoms with E-state index in [4.69, 9.17) is 4.74 Å². The van der Waals surface area contributed by atoms with Crippen molar-refractivity contribution in [3.8, 4) is 0 Å². The van der Waals surface area contributed by atoms with Gasteiger partial charge in [-0.2, -0.15) is 5.10 Å². The molecule has 4 rings (SSSR count). The number of aromatic nitrogens is 3. The van der Waals surface area contributed by atoms with Crippen molar-refractivity contribution in [1.29, 1.82) is 0 Å². The zero-order chi connectivity index (χ0) is 17.2. The number of carbonyl (C=O) groups excluding carboxylic acids is 1. The highest BCUT2D eigenvalue weighted by molar-refractivity contribution is 5.93. The fourth-order valence-electron chi connectivity index (χ4n) is 3.28. The van der Waals surface area contributed by atoms with Gasteiger partial charge in [0.25, 0.3) is 5.91 Å². The molecule has 3 heterocycles. The third-order valence-corrected chi connectivity index (χ3v) is 4.43. The van der Waals surface area contributed by atoms with E-state index in [1.165, 1.54) is 10.7 Å². The highest BCUT2D eigenvalue weighted by atomic mass is 16.5. The van der Waals surface area contributed by atoms with Crippen molar-refractivity contribution < 1.29 is 14.6 Å². The number of benzene rings is 1. The van der Waals surface area contributed by atoms with Gasteiger partial charge in [0, 0.05) is 12.7 Å². The predicted octanol–water partition coefficient (Wildman–Crippen LogP) is 1.30. The highest BCUT2D eigenvalue weighted by Crippen LogP contribution is 2.30. The lowest BCUT2D eigenvalue weighted by Crippen LogP contribution is -2.49. The van der Waals surface area contributed by atoms with Crippen LogP contribution in [0.3, 0.4) is 0 Å². The largest absolute Gasteiger partial charge is 0.394 e. The number of hydrogen-bond donors (Lipinski definition) is 1. The summed E-state index contributed by atoms with van der Waals surface area (Å²) in [7, 11) is 0. The first-order valence-corrected chi connectivity index (χ1v) is 8.16. The lowest BCUT2D eigenvalue weighted by Gasteiger charge is -2.40. The zero-order valence-electron chi connectivity index (χ0n) is 13.5. The summed E-state index contributed by atoms with van der Waals surface area (Å²) >= 11 is 0. The van der Waals surface area contributed by atoms with Crippen LogP contribution in [0.4, 0.5) is 0 Å². The summed E-state index contributed by atoms with van der Waals surface area (Å²) < 4.78 is 7.23. The number of aliphatic hydroxyl groups is 1. The molecule has 0 radical (unpaired) electrons. The molecule has 1 N–H and O–H groups in total. The van der Waals surface area contributed by atoms with E-state index in [1.807, 2.05) is 30.3 Å². The third-order valence-electron chi connectivity index (χ3n) is 4.43. The quantitative estimate of drug-likeness (QED) is 0.779. The fourth-order valence-corrected chi connectivity index (χ4v) is 3.28. The van der Waals surface area contributed by atoms with Crippen LogP contribution in [0.2, 0.25) is 0 Å². The Morgan fingerprint density at radius 1 is 1.24 bits per heavy atom. The molecule has 0 spiro atoms. The van der Waals surface area contributed by atoms with Crippen LogP contribution in [-0.2, 0) is 4.74 Å². The molecule has 1 aliphatic heterocycles. The van der Waals surface area contributed by atoms with Gasteiger partial charge in [0.1, 0.15) is 6.10 Å². The molecule has 0 aliphatic carbocycles. The Bertz CT molecular complexity index is 880. The fraction of sp³-hybridized carbons (Fsp3) is 0.278. The van der Waals surface area contributed by atoms with Gasteiger partial charge in [-0.1, -0.05) is 30.3 Å². The topological polar surface area (TPSA) is 80.0 Å². The minimum atomic E-state index is -0.466. The van der Waals surface area contributed by atoms with Gasteiger partial charge in [-0.05, 0) is 17.7 Å². The molecule has 3 aromatic rings. The van der Waals surface area contributed by atoms with Crippen molar-refractivity contribution in [3.63, 3.8) is 0 Å². The second kappa shape index (κ2) is 6.62. The Balaban J connectivity index is 1.74. The number of fused-ring (bicyclic) bond motifs is 1. The molecule has 7 heteroatoms. The molecule has 1 amide bonds. The normalized spacial score (nSPS) is 20.8. The van der Waals surface area contributed by atoms with Gasteiger partial charge in [0.05, 0.1) is 25.5 Å². The van der Waals surface area contributed by atoms with Gasteiger partial charge >= 0.3 is 0 Å². The maximum atomic E-state index is 13.2. The van der Waals surface area contributed by atoms with E-state index >= 15 is 0 Å². The summed E-state index contributed by atoms with van der Waals surface area (Å²) in [6.45, 7) is 0.661. The van der Waals surface area contributed by atoms with Crippen LogP contribution >= 0.6 is 0 Å². The lowest BCUT2D eigenvalue weighted by atomic mass is 9.98. The molecule has 1 fully saturated rings. The monoisotopic (exact) mass is 338 g/mol. The Morgan fingerprint density at radius 3 is 2.88 bits per heavy atom. The third kappa shape index (κ3) is 2.77. The Labute approximate surface area is 144 Å². The van der Waals surface area contributed by atoms with E-state index in [1.54, 1.807) is 23.2 Å². The number of ether oxygens (including phenoxy) is 1. The summed E-state index contributed by atoms with van der Waals surface area (Å²) in [4.78, 5) is 19.2. The molecule has 25 heavy (non-hydrogen) atoms. The van der Waals surface area contributed by atoms with Gasteiger partial charge in [0.15, 0.2) is 11.3 Å². The molecule has 1 saturated heterocycles. The van der Waals surface area contributed by atoms with E-state index in [0.29, 0.717) is 24.5 Å². The molecular weight excluding hydrogens is 320 g/mol. The maximum absolute atomic E-state index is 13.2. The lowest BCUT2D eigenvalue weighted by molar-refractivity contribution is -0.0813.